The SMILES string of the molecule is Cc1cc(NC(=O)c2sccc2N)ccc1F. The van der Waals surface area contributed by atoms with Gasteiger partial charge in [-0.25, -0.2) is 4.39 Å². The predicted molar refractivity (Wildman–Crippen MR) is 67.8 cm³/mol. The number of hydrogen-bond donors (Lipinski definition) is 2. The maximum absolute atomic E-state index is 13.0. The number of nitrogens with two attached hydrogens (primary N) is 1. The number of carbonyl (C=O) groups is 1. The van der Waals surface area contributed by atoms with Crippen LogP contribution in [0.4, 0.5) is 15.8 Å². The maximum atomic E-state index is 13.0. The number of anilines is 2. The van der Waals surface area contributed by atoms with Gasteiger partial charge in [0.15, 0.2) is 0 Å². The summed E-state index contributed by atoms with van der Waals surface area (Å²) in [5.41, 5.74) is 7.13. The molecule has 1 aromatic heterocycles. The van der Waals surface area contributed by atoms with Crippen LogP contribution in [0.25, 0.3) is 0 Å². The number of halogens is 1. The Labute approximate surface area is 102 Å². The van der Waals surface area contributed by atoms with Gasteiger partial charge in [0.2, 0.25) is 0 Å². The fraction of sp³-hybridized carbons (Fsp3) is 0.0833. The van der Waals surface area contributed by atoms with Gasteiger partial charge in [-0.15, -0.1) is 11.3 Å². The number of carbonyl (C=O) groups excluding carboxylic acids is 1. The highest BCUT2D eigenvalue weighted by molar-refractivity contribution is 7.12. The zero-order valence-electron chi connectivity index (χ0n) is 9.16. The molecule has 0 aliphatic heterocycles. The number of hydrogen-bond acceptors (Lipinski definition) is 3. The van der Waals surface area contributed by atoms with Gasteiger partial charge < -0.3 is 11.1 Å². The molecule has 17 heavy (non-hydrogen) atoms. The molecule has 0 fully saturated rings. The van der Waals surface area contributed by atoms with Crippen molar-refractivity contribution in [2.24, 2.45) is 0 Å². The molecule has 0 saturated carbocycles. The third kappa shape index (κ3) is 2.45. The molecule has 0 aliphatic carbocycles. The van der Waals surface area contributed by atoms with Crippen LogP contribution in [-0.2, 0) is 0 Å². The minimum Gasteiger partial charge on any atom is -0.397 e. The number of aryl methyl sites for hydroxylation is 1. The second-order valence-corrected chi connectivity index (χ2v) is 4.54. The Bertz CT molecular complexity index is 565. The highest BCUT2D eigenvalue weighted by Gasteiger charge is 2.11. The largest absolute Gasteiger partial charge is 0.397 e. The lowest BCUT2D eigenvalue weighted by molar-refractivity contribution is 0.103. The van der Waals surface area contributed by atoms with E-state index in [1.165, 1.54) is 23.5 Å². The molecule has 0 atom stereocenters. The van der Waals surface area contributed by atoms with E-state index in [1.807, 2.05) is 0 Å². The molecule has 0 unspecified atom stereocenters. The van der Waals surface area contributed by atoms with E-state index < -0.39 is 0 Å². The molecule has 0 radical (unpaired) electrons. The van der Waals surface area contributed by atoms with E-state index in [9.17, 15) is 9.18 Å². The third-order valence-corrected chi connectivity index (χ3v) is 3.25. The topological polar surface area (TPSA) is 55.1 Å². The van der Waals surface area contributed by atoms with Gasteiger partial charge in [-0.3, -0.25) is 4.79 Å². The zero-order chi connectivity index (χ0) is 12.4. The predicted octanol–water partition coefficient (Wildman–Crippen LogP) is 3.03. The van der Waals surface area contributed by atoms with E-state index >= 15 is 0 Å². The average molecular weight is 250 g/mol. The van der Waals surface area contributed by atoms with E-state index in [-0.39, 0.29) is 11.7 Å². The Morgan fingerprint density at radius 2 is 2.18 bits per heavy atom. The Hall–Kier alpha value is -1.88. The van der Waals surface area contributed by atoms with E-state index in [1.54, 1.807) is 24.4 Å². The lowest BCUT2D eigenvalue weighted by Gasteiger charge is -2.05. The molecule has 0 spiro atoms. The van der Waals surface area contributed by atoms with Crippen LogP contribution >= 0.6 is 11.3 Å². The van der Waals surface area contributed by atoms with Gasteiger partial charge in [-0.2, -0.15) is 0 Å². The second kappa shape index (κ2) is 4.55. The minimum absolute atomic E-state index is 0.275. The van der Waals surface area contributed by atoms with Gasteiger partial charge in [0, 0.05) is 5.69 Å². The molecule has 88 valence electrons. The van der Waals surface area contributed by atoms with Crippen molar-refractivity contribution >= 4 is 28.6 Å². The minimum atomic E-state index is -0.293. The molecule has 5 heteroatoms. The van der Waals surface area contributed by atoms with Crippen molar-refractivity contribution in [1.82, 2.24) is 0 Å². The van der Waals surface area contributed by atoms with Crippen molar-refractivity contribution in [1.29, 1.82) is 0 Å². The Kier molecular flexibility index (Phi) is 3.10. The summed E-state index contributed by atoms with van der Waals surface area (Å²) in [5.74, 6) is -0.567. The van der Waals surface area contributed by atoms with Gasteiger partial charge in [0.25, 0.3) is 5.91 Å². The molecule has 1 amide bonds. The Morgan fingerprint density at radius 3 is 2.76 bits per heavy atom. The lowest BCUT2D eigenvalue weighted by atomic mass is 10.2. The summed E-state index contributed by atoms with van der Waals surface area (Å²) in [6.07, 6.45) is 0. The quantitative estimate of drug-likeness (QED) is 0.860. The average Bonchev–Trinajstić information content (AvgIpc) is 2.70. The normalized spacial score (nSPS) is 10.2. The summed E-state index contributed by atoms with van der Waals surface area (Å²) in [6.45, 7) is 1.64. The first-order valence-corrected chi connectivity index (χ1v) is 5.86. The number of rotatable bonds is 2. The first-order valence-electron chi connectivity index (χ1n) is 4.98. The first-order chi connectivity index (χ1) is 8.08. The molecular weight excluding hydrogens is 239 g/mol. The molecule has 1 heterocycles. The first kappa shape index (κ1) is 11.6. The number of benzene rings is 1. The maximum Gasteiger partial charge on any atom is 0.267 e. The zero-order valence-corrected chi connectivity index (χ0v) is 9.98. The van der Waals surface area contributed by atoms with Gasteiger partial charge in [0.1, 0.15) is 10.7 Å². The Morgan fingerprint density at radius 1 is 1.41 bits per heavy atom. The number of amides is 1. The van der Waals surface area contributed by atoms with Crippen LogP contribution in [0.5, 0.6) is 0 Å². The van der Waals surface area contributed by atoms with Crippen molar-refractivity contribution in [3.63, 3.8) is 0 Å². The van der Waals surface area contributed by atoms with Crippen molar-refractivity contribution < 1.29 is 9.18 Å². The molecule has 0 aliphatic rings. The highest BCUT2D eigenvalue weighted by Crippen LogP contribution is 2.21. The molecule has 3 nitrogen and oxygen atoms in total. The van der Waals surface area contributed by atoms with Gasteiger partial charge in [0.05, 0.1) is 5.69 Å². The van der Waals surface area contributed by atoms with Crippen molar-refractivity contribution in [2.45, 2.75) is 6.92 Å². The van der Waals surface area contributed by atoms with Crippen LogP contribution in [0.3, 0.4) is 0 Å². The highest BCUT2D eigenvalue weighted by atomic mass is 32.1. The number of nitrogens with one attached hydrogen (secondary N) is 1. The molecule has 0 saturated heterocycles. The smallest absolute Gasteiger partial charge is 0.267 e. The summed E-state index contributed by atoms with van der Waals surface area (Å²) in [7, 11) is 0. The summed E-state index contributed by atoms with van der Waals surface area (Å²) >= 11 is 1.27. The van der Waals surface area contributed by atoms with Crippen LogP contribution in [0, 0.1) is 12.7 Å². The standard InChI is InChI=1S/C12H11FN2OS/c1-7-6-8(2-3-9(7)13)15-12(16)11-10(14)4-5-17-11/h2-6H,14H2,1H3,(H,15,16). The van der Waals surface area contributed by atoms with Crippen LogP contribution in [0.15, 0.2) is 29.6 Å². The monoisotopic (exact) mass is 250 g/mol. The van der Waals surface area contributed by atoms with E-state index in [4.69, 9.17) is 5.73 Å². The Balaban J connectivity index is 2.19. The van der Waals surface area contributed by atoms with Gasteiger partial charge in [-0.05, 0) is 42.1 Å². The molecule has 0 bridgehead atoms. The molecular formula is C12H11FN2OS. The van der Waals surface area contributed by atoms with E-state index in [0.29, 0.717) is 21.8 Å². The third-order valence-electron chi connectivity index (χ3n) is 2.32. The van der Waals surface area contributed by atoms with E-state index in [2.05, 4.69) is 5.32 Å². The van der Waals surface area contributed by atoms with Crippen molar-refractivity contribution in [2.75, 3.05) is 11.1 Å². The van der Waals surface area contributed by atoms with Crippen LogP contribution < -0.4 is 11.1 Å². The number of thiophene rings is 1. The summed E-state index contributed by atoms with van der Waals surface area (Å²) < 4.78 is 13.0. The van der Waals surface area contributed by atoms with Crippen LogP contribution in [0.1, 0.15) is 15.2 Å². The van der Waals surface area contributed by atoms with Crippen LogP contribution in [0.2, 0.25) is 0 Å². The molecule has 2 aromatic rings. The summed E-state index contributed by atoms with van der Waals surface area (Å²) in [5, 5.41) is 4.43. The summed E-state index contributed by atoms with van der Waals surface area (Å²) in [6, 6.07) is 6.10. The molecule has 2 rings (SSSR count). The van der Waals surface area contributed by atoms with Crippen molar-refractivity contribution in [3.05, 3.63) is 45.9 Å². The van der Waals surface area contributed by atoms with Crippen LogP contribution in [-0.4, -0.2) is 5.91 Å². The molecule has 3 N–H and O–H groups in total. The number of nitrogen functional groups attached to an aromatic ring is 1. The fourth-order valence-corrected chi connectivity index (χ4v) is 2.13. The summed E-state index contributed by atoms with van der Waals surface area (Å²) in [4.78, 5) is 12.3. The van der Waals surface area contributed by atoms with Gasteiger partial charge >= 0.3 is 0 Å². The fourth-order valence-electron chi connectivity index (χ4n) is 1.41. The van der Waals surface area contributed by atoms with Crippen molar-refractivity contribution in [3.8, 4) is 0 Å². The second-order valence-electron chi connectivity index (χ2n) is 3.62. The van der Waals surface area contributed by atoms with E-state index in [0.717, 1.165) is 0 Å². The molecule has 1 aromatic carbocycles. The lowest BCUT2D eigenvalue weighted by Crippen LogP contribution is -2.12. The van der Waals surface area contributed by atoms with Gasteiger partial charge in [-0.1, -0.05) is 0 Å².